The van der Waals surface area contributed by atoms with Gasteiger partial charge in [-0.05, 0) is 23.6 Å². The van der Waals surface area contributed by atoms with Crippen molar-refractivity contribution in [1.29, 1.82) is 0 Å². The van der Waals surface area contributed by atoms with E-state index in [4.69, 9.17) is 5.73 Å². The van der Waals surface area contributed by atoms with Crippen molar-refractivity contribution in [2.45, 2.75) is 0 Å². The van der Waals surface area contributed by atoms with Crippen LogP contribution in [-0.4, -0.2) is 15.5 Å². The predicted molar refractivity (Wildman–Crippen MR) is 75.4 cm³/mol. The summed E-state index contributed by atoms with van der Waals surface area (Å²) in [5, 5.41) is 1.86. The fraction of sp³-hybridized carbons (Fsp3) is 0. The average molecular weight is 280 g/mol. The first kappa shape index (κ1) is 12.6. The van der Waals surface area contributed by atoms with Gasteiger partial charge in [0.15, 0.2) is 0 Å². The van der Waals surface area contributed by atoms with Crippen LogP contribution in [0.5, 0.6) is 0 Å². The zero-order valence-corrected chi connectivity index (χ0v) is 10.9. The molecule has 0 aliphatic carbocycles. The topological polar surface area (TPSA) is 60.9 Å². The molecule has 0 atom stereocenters. The molecule has 0 spiro atoms. The third kappa shape index (κ3) is 1.87. The van der Waals surface area contributed by atoms with Gasteiger partial charge in [0.05, 0.1) is 15.9 Å². The van der Waals surface area contributed by atoms with E-state index in [1.165, 1.54) is 15.9 Å². The van der Waals surface area contributed by atoms with E-state index in [2.05, 4.69) is 4.98 Å². The van der Waals surface area contributed by atoms with Crippen LogP contribution in [0.15, 0.2) is 41.8 Å². The molecule has 1 aromatic carbocycles. The van der Waals surface area contributed by atoms with Crippen LogP contribution in [0.1, 0.15) is 9.67 Å². The molecule has 0 unspecified atom stereocenters. The Morgan fingerprint density at radius 1 is 1.22 bits per heavy atom. The van der Waals surface area contributed by atoms with E-state index in [0.29, 0.717) is 4.88 Å². The number of imidazole rings is 1. The van der Waals surface area contributed by atoms with Crippen molar-refractivity contribution in [2.24, 2.45) is 0 Å². The standard InChI is InChI=1S/C12H9N3OS.ClH/c13-12-14-8-4-1-2-5-9(8)15(12)11(16)10-6-3-7-17-10;/h1-7H,(H2,13,14);1H. The molecule has 0 aliphatic heterocycles. The number of para-hydroxylation sites is 2. The van der Waals surface area contributed by atoms with Crippen LogP contribution in [0.2, 0.25) is 0 Å². The summed E-state index contributed by atoms with van der Waals surface area (Å²) in [7, 11) is 0. The lowest BCUT2D eigenvalue weighted by Gasteiger charge is -2.02. The lowest BCUT2D eigenvalue weighted by molar-refractivity contribution is 0.0971. The van der Waals surface area contributed by atoms with Gasteiger partial charge >= 0.3 is 0 Å². The highest BCUT2D eigenvalue weighted by molar-refractivity contribution is 7.12. The van der Waals surface area contributed by atoms with Crippen molar-refractivity contribution in [1.82, 2.24) is 9.55 Å². The minimum atomic E-state index is -0.133. The second kappa shape index (κ2) is 4.80. The van der Waals surface area contributed by atoms with E-state index in [1.807, 2.05) is 35.7 Å². The molecule has 2 heterocycles. The lowest BCUT2D eigenvalue weighted by Crippen LogP contribution is -2.13. The van der Waals surface area contributed by atoms with Crippen LogP contribution in [0.25, 0.3) is 11.0 Å². The highest BCUT2D eigenvalue weighted by Crippen LogP contribution is 2.20. The van der Waals surface area contributed by atoms with Gasteiger partial charge in [0.25, 0.3) is 5.91 Å². The average Bonchev–Trinajstić information content (AvgIpc) is 2.94. The first-order valence-corrected chi connectivity index (χ1v) is 5.96. The monoisotopic (exact) mass is 279 g/mol. The van der Waals surface area contributed by atoms with Crippen LogP contribution in [0, 0.1) is 0 Å². The number of hydrogen-bond donors (Lipinski definition) is 1. The second-order valence-corrected chi connectivity index (χ2v) is 4.52. The minimum Gasteiger partial charge on any atom is -0.369 e. The van der Waals surface area contributed by atoms with Gasteiger partial charge in [-0.15, -0.1) is 23.7 Å². The van der Waals surface area contributed by atoms with Gasteiger partial charge in [-0.1, -0.05) is 18.2 Å². The third-order valence-electron chi connectivity index (χ3n) is 2.52. The van der Waals surface area contributed by atoms with Crippen LogP contribution in [0.3, 0.4) is 0 Å². The molecule has 18 heavy (non-hydrogen) atoms. The summed E-state index contributed by atoms with van der Waals surface area (Å²) in [5.74, 6) is 0.0933. The maximum Gasteiger partial charge on any atom is 0.275 e. The molecule has 2 aromatic heterocycles. The maximum atomic E-state index is 12.3. The van der Waals surface area contributed by atoms with E-state index in [0.717, 1.165) is 11.0 Å². The molecule has 0 fully saturated rings. The molecule has 0 aliphatic rings. The van der Waals surface area contributed by atoms with Crippen LogP contribution < -0.4 is 5.73 Å². The smallest absolute Gasteiger partial charge is 0.275 e. The summed E-state index contributed by atoms with van der Waals surface area (Å²) in [6.07, 6.45) is 0. The number of aromatic nitrogens is 2. The largest absolute Gasteiger partial charge is 0.369 e. The van der Waals surface area contributed by atoms with Gasteiger partial charge in [0.2, 0.25) is 5.95 Å². The Morgan fingerprint density at radius 3 is 2.72 bits per heavy atom. The number of anilines is 1. The number of nitrogens with zero attached hydrogens (tertiary/aromatic N) is 2. The number of carbonyl (C=O) groups is 1. The number of thiophene rings is 1. The van der Waals surface area contributed by atoms with Crippen molar-refractivity contribution in [2.75, 3.05) is 5.73 Å². The Bertz CT molecular complexity index is 690. The quantitative estimate of drug-likeness (QED) is 0.745. The molecule has 4 nitrogen and oxygen atoms in total. The number of fused-ring (bicyclic) bond motifs is 1. The van der Waals surface area contributed by atoms with E-state index in [1.54, 1.807) is 6.07 Å². The van der Waals surface area contributed by atoms with Crippen molar-refractivity contribution < 1.29 is 4.79 Å². The molecular formula is C12H10ClN3OS. The highest BCUT2D eigenvalue weighted by atomic mass is 35.5. The third-order valence-corrected chi connectivity index (χ3v) is 3.38. The van der Waals surface area contributed by atoms with Crippen LogP contribution in [0.4, 0.5) is 5.95 Å². The van der Waals surface area contributed by atoms with Gasteiger partial charge < -0.3 is 5.73 Å². The van der Waals surface area contributed by atoms with Crippen molar-refractivity contribution in [3.8, 4) is 0 Å². The molecule has 0 saturated heterocycles. The van der Waals surface area contributed by atoms with Crippen molar-refractivity contribution >= 4 is 46.6 Å². The normalized spacial score (nSPS) is 10.2. The number of carbonyl (C=O) groups excluding carboxylic acids is 1. The summed E-state index contributed by atoms with van der Waals surface area (Å²) in [6, 6.07) is 11.0. The summed E-state index contributed by atoms with van der Waals surface area (Å²) in [4.78, 5) is 17.1. The number of hydrogen-bond acceptors (Lipinski definition) is 4. The van der Waals surface area contributed by atoms with Gasteiger partial charge in [-0.25, -0.2) is 9.55 Å². The summed E-state index contributed by atoms with van der Waals surface area (Å²) in [6.45, 7) is 0. The first-order valence-electron chi connectivity index (χ1n) is 5.08. The SMILES string of the molecule is Cl.Nc1nc2ccccc2n1C(=O)c1cccs1. The lowest BCUT2D eigenvalue weighted by atomic mass is 10.3. The van der Waals surface area contributed by atoms with Crippen LogP contribution >= 0.6 is 23.7 Å². The van der Waals surface area contributed by atoms with Gasteiger partial charge in [0.1, 0.15) is 0 Å². The number of benzene rings is 1. The Kier molecular flexibility index (Phi) is 3.36. The van der Waals surface area contributed by atoms with Gasteiger partial charge in [-0.2, -0.15) is 0 Å². The molecule has 3 rings (SSSR count). The fourth-order valence-electron chi connectivity index (χ4n) is 1.77. The van der Waals surface area contributed by atoms with E-state index in [-0.39, 0.29) is 24.3 Å². The van der Waals surface area contributed by atoms with E-state index in [9.17, 15) is 4.79 Å². The zero-order chi connectivity index (χ0) is 11.8. The summed E-state index contributed by atoms with van der Waals surface area (Å²) >= 11 is 1.39. The highest BCUT2D eigenvalue weighted by Gasteiger charge is 2.16. The van der Waals surface area contributed by atoms with E-state index >= 15 is 0 Å². The summed E-state index contributed by atoms with van der Waals surface area (Å²) in [5.41, 5.74) is 7.27. The zero-order valence-electron chi connectivity index (χ0n) is 9.24. The molecule has 2 N–H and O–H groups in total. The predicted octanol–water partition coefficient (Wildman–Crippen LogP) is 2.79. The Labute approximate surface area is 113 Å². The number of halogens is 1. The number of nitrogen functional groups attached to an aromatic ring is 1. The molecule has 0 radical (unpaired) electrons. The number of rotatable bonds is 1. The van der Waals surface area contributed by atoms with E-state index < -0.39 is 0 Å². The minimum absolute atomic E-state index is 0. The van der Waals surface area contributed by atoms with Gasteiger partial charge in [-0.3, -0.25) is 4.79 Å². The van der Waals surface area contributed by atoms with Crippen molar-refractivity contribution in [3.05, 3.63) is 46.7 Å². The molecule has 0 bridgehead atoms. The Morgan fingerprint density at radius 2 is 2.00 bits per heavy atom. The molecular weight excluding hydrogens is 270 g/mol. The fourth-order valence-corrected chi connectivity index (χ4v) is 2.42. The second-order valence-electron chi connectivity index (χ2n) is 3.58. The van der Waals surface area contributed by atoms with Gasteiger partial charge in [0, 0.05) is 0 Å². The van der Waals surface area contributed by atoms with Crippen molar-refractivity contribution in [3.63, 3.8) is 0 Å². The first-order chi connectivity index (χ1) is 8.27. The molecule has 92 valence electrons. The number of nitrogens with two attached hydrogens (primary N) is 1. The molecule has 3 aromatic rings. The molecule has 0 saturated carbocycles. The Hall–Kier alpha value is -1.85. The Balaban J connectivity index is 0.00000120. The van der Waals surface area contributed by atoms with Crippen LogP contribution in [-0.2, 0) is 0 Å². The maximum absolute atomic E-state index is 12.3. The molecule has 0 amide bonds. The summed E-state index contributed by atoms with van der Waals surface area (Å²) < 4.78 is 1.45. The molecule has 6 heteroatoms.